The molecule has 1 aliphatic rings. The number of sulfone groups is 1. The Morgan fingerprint density at radius 1 is 1.27 bits per heavy atom. The molecule has 8 nitrogen and oxygen atoms in total. The number of amides is 1. The van der Waals surface area contributed by atoms with E-state index < -0.39 is 20.4 Å². The minimum Gasteiger partial charge on any atom is -0.384 e. The van der Waals surface area contributed by atoms with Gasteiger partial charge in [0.05, 0.1) is 4.92 Å². The molecule has 2 aromatic carbocycles. The van der Waals surface area contributed by atoms with Gasteiger partial charge in [-0.1, -0.05) is 18.2 Å². The van der Waals surface area contributed by atoms with E-state index >= 15 is 0 Å². The highest BCUT2D eigenvalue weighted by atomic mass is 32.2. The summed E-state index contributed by atoms with van der Waals surface area (Å²) in [6.07, 6.45) is 1.23. The van der Waals surface area contributed by atoms with Crippen molar-refractivity contribution in [2.45, 2.75) is 17.2 Å². The molecule has 0 saturated heterocycles. The zero-order valence-electron chi connectivity index (χ0n) is 13.9. The number of benzene rings is 2. The van der Waals surface area contributed by atoms with Crippen LogP contribution in [0, 0.1) is 10.1 Å². The molecule has 136 valence electrons. The number of carbonyl (C=O) groups excluding carboxylic acids is 1. The molecule has 0 aliphatic carbocycles. The first kappa shape index (κ1) is 17.9. The van der Waals surface area contributed by atoms with Crippen molar-refractivity contribution in [3.05, 3.63) is 58.1 Å². The molecule has 0 saturated carbocycles. The summed E-state index contributed by atoms with van der Waals surface area (Å²) in [7, 11) is -3.75. The first-order valence-corrected chi connectivity index (χ1v) is 9.76. The summed E-state index contributed by atoms with van der Waals surface area (Å²) in [5, 5.41) is 16.9. The minimum absolute atomic E-state index is 0.0863. The summed E-state index contributed by atoms with van der Waals surface area (Å²) in [5.74, 6) is -0.173. The summed E-state index contributed by atoms with van der Waals surface area (Å²) in [6, 6.07) is 11.4. The second-order valence-corrected chi connectivity index (χ2v) is 8.11. The number of para-hydroxylation sites is 1. The van der Waals surface area contributed by atoms with Crippen LogP contribution in [0.3, 0.4) is 0 Å². The van der Waals surface area contributed by atoms with Gasteiger partial charge in [0.25, 0.3) is 5.69 Å². The lowest BCUT2D eigenvalue weighted by Crippen LogP contribution is -2.26. The first-order chi connectivity index (χ1) is 12.3. The number of hydrogen-bond donors (Lipinski definition) is 2. The highest BCUT2D eigenvalue weighted by molar-refractivity contribution is 7.90. The van der Waals surface area contributed by atoms with Crippen molar-refractivity contribution in [3.8, 4) is 0 Å². The third kappa shape index (κ3) is 3.67. The maximum Gasteiger partial charge on any atom is 0.288 e. The number of hydrogen-bond acceptors (Lipinski definition) is 6. The van der Waals surface area contributed by atoms with Crippen molar-refractivity contribution in [1.29, 1.82) is 0 Å². The number of nitro groups is 1. The summed E-state index contributed by atoms with van der Waals surface area (Å²) >= 11 is 0. The number of nitrogens with one attached hydrogen (secondary N) is 2. The predicted molar refractivity (Wildman–Crippen MR) is 97.1 cm³/mol. The van der Waals surface area contributed by atoms with Gasteiger partial charge in [-0.15, -0.1) is 0 Å². The molecule has 2 N–H and O–H groups in total. The van der Waals surface area contributed by atoms with Crippen molar-refractivity contribution < 1.29 is 18.1 Å². The van der Waals surface area contributed by atoms with E-state index in [4.69, 9.17) is 0 Å². The Bertz CT molecular complexity index is 988. The average Bonchev–Trinajstić information content (AvgIpc) is 2.58. The van der Waals surface area contributed by atoms with Gasteiger partial charge in [0.1, 0.15) is 4.90 Å². The Morgan fingerprint density at radius 3 is 2.69 bits per heavy atom. The van der Waals surface area contributed by atoms with Crippen LogP contribution < -0.4 is 10.6 Å². The van der Waals surface area contributed by atoms with Gasteiger partial charge in [0.15, 0.2) is 9.84 Å². The van der Waals surface area contributed by atoms with E-state index in [2.05, 4.69) is 10.6 Å². The van der Waals surface area contributed by atoms with E-state index in [9.17, 15) is 23.3 Å². The van der Waals surface area contributed by atoms with Gasteiger partial charge < -0.3 is 10.6 Å². The number of nitrogens with zero attached hydrogens (tertiary/aromatic N) is 1. The summed E-state index contributed by atoms with van der Waals surface area (Å²) in [6.45, 7) is 0.394. The maximum absolute atomic E-state index is 11.9. The molecule has 1 unspecified atom stereocenters. The number of rotatable bonds is 5. The average molecular weight is 375 g/mol. The Morgan fingerprint density at radius 2 is 2.00 bits per heavy atom. The lowest BCUT2D eigenvalue weighted by atomic mass is 9.90. The number of anilines is 2. The van der Waals surface area contributed by atoms with Crippen LogP contribution in [0.25, 0.3) is 0 Å². The highest BCUT2D eigenvalue weighted by Crippen LogP contribution is 2.33. The smallest absolute Gasteiger partial charge is 0.288 e. The van der Waals surface area contributed by atoms with Crippen LogP contribution in [-0.2, 0) is 14.6 Å². The van der Waals surface area contributed by atoms with Crippen LogP contribution in [0.4, 0.5) is 17.1 Å². The topological polar surface area (TPSA) is 118 Å². The van der Waals surface area contributed by atoms with Crippen LogP contribution in [0.15, 0.2) is 47.4 Å². The zero-order valence-corrected chi connectivity index (χ0v) is 14.7. The minimum atomic E-state index is -3.75. The number of fused-ring (bicyclic) bond motifs is 1. The first-order valence-electron chi connectivity index (χ1n) is 7.87. The number of nitro benzene ring substituents is 1. The van der Waals surface area contributed by atoms with Crippen molar-refractivity contribution in [3.63, 3.8) is 0 Å². The highest BCUT2D eigenvalue weighted by Gasteiger charge is 2.26. The molecule has 0 fully saturated rings. The van der Waals surface area contributed by atoms with Gasteiger partial charge in [-0.05, 0) is 23.8 Å². The number of carbonyl (C=O) groups is 1. The molecule has 1 heterocycles. The van der Waals surface area contributed by atoms with Crippen molar-refractivity contribution >= 4 is 32.8 Å². The van der Waals surface area contributed by atoms with Gasteiger partial charge in [0.2, 0.25) is 5.91 Å². The van der Waals surface area contributed by atoms with E-state index in [1.165, 1.54) is 18.2 Å². The van der Waals surface area contributed by atoms with Crippen LogP contribution >= 0.6 is 0 Å². The van der Waals surface area contributed by atoms with Crippen molar-refractivity contribution in [2.75, 3.05) is 23.4 Å². The van der Waals surface area contributed by atoms with Crippen molar-refractivity contribution in [2.24, 2.45) is 0 Å². The lowest BCUT2D eigenvalue weighted by molar-refractivity contribution is -0.387. The summed E-state index contributed by atoms with van der Waals surface area (Å²) in [4.78, 5) is 21.8. The molecular formula is C17H17N3O5S. The molecule has 9 heteroatoms. The fourth-order valence-electron chi connectivity index (χ4n) is 3.00. The molecule has 0 aromatic heterocycles. The van der Waals surface area contributed by atoms with E-state index in [1.807, 2.05) is 24.3 Å². The molecule has 0 bridgehead atoms. The Labute approximate surface area is 150 Å². The SMILES string of the molecule is CS(=O)(=O)c1cc(NCC2CC(=O)Nc3ccccc32)ccc1[N+](=O)[O-]. The van der Waals surface area contributed by atoms with E-state index in [-0.39, 0.29) is 16.7 Å². The van der Waals surface area contributed by atoms with Crippen LogP contribution in [0.5, 0.6) is 0 Å². The Kier molecular flexibility index (Phi) is 4.64. The van der Waals surface area contributed by atoms with Crippen LogP contribution in [0.1, 0.15) is 17.9 Å². The lowest BCUT2D eigenvalue weighted by Gasteiger charge is -2.26. The molecule has 0 spiro atoms. The molecule has 1 aliphatic heterocycles. The predicted octanol–water partition coefficient (Wildman–Crippen LogP) is 2.54. The Hall–Kier alpha value is -2.94. The Balaban J connectivity index is 1.85. The largest absolute Gasteiger partial charge is 0.384 e. The van der Waals surface area contributed by atoms with Gasteiger partial charge in [0, 0.05) is 42.6 Å². The van der Waals surface area contributed by atoms with E-state index in [0.29, 0.717) is 18.7 Å². The molecule has 2 aromatic rings. The third-order valence-corrected chi connectivity index (χ3v) is 5.34. The van der Waals surface area contributed by atoms with E-state index in [0.717, 1.165) is 17.5 Å². The standard InChI is InChI=1S/C17H17N3O5S/c1-26(24,25)16-9-12(6-7-15(16)20(22)23)18-10-11-8-17(21)19-14-5-3-2-4-13(11)14/h2-7,9,11,18H,8,10H2,1H3,(H,19,21). The van der Waals surface area contributed by atoms with Gasteiger partial charge in [-0.3, -0.25) is 14.9 Å². The normalized spacial score (nSPS) is 16.5. The fourth-order valence-corrected chi connectivity index (χ4v) is 3.86. The molecule has 1 atom stereocenters. The zero-order chi connectivity index (χ0) is 18.9. The second kappa shape index (κ2) is 6.75. The second-order valence-electron chi connectivity index (χ2n) is 6.13. The maximum atomic E-state index is 11.9. The monoisotopic (exact) mass is 375 g/mol. The molecule has 3 rings (SSSR count). The molecular weight excluding hydrogens is 358 g/mol. The molecule has 1 amide bonds. The molecule has 26 heavy (non-hydrogen) atoms. The van der Waals surface area contributed by atoms with Crippen LogP contribution in [0.2, 0.25) is 0 Å². The van der Waals surface area contributed by atoms with Gasteiger partial charge in [-0.2, -0.15) is 0 Å². The van der Waals surface area contributed by atoms with Crippen LogP contribution in [-0.4, -0.2) is 32.0 Å². The summed E-state index contributed by atoms with van der Waals surface area (Å²) < 4.78 is 23.7. The third-order valence-electron chi connectivity index (χ3n) is 4.22. The fraction of sp³-hybridized carbons (Fsp3) is 0.235. The van der Waals surface area contributed by atoms with Gasteiger partial charge >= 0.3 is 0 Å². The quantitative estimate of drug-likeness (QED) is 0.612. The summed E-state index contributed by atoms with van der Waals surface area (Å²) in [5.41, 5.74) is 1.74. The van der Waals surface area contributed by atoms with E-state index in [1.54, 1.807) is 0 Å². The van der Waals surface area contributed by atoms with Crippen molar-refractivity contribution in [1.82, 2.24) is 0 Å². The molecule has 0 radical (unpaired) electrons. The van der Waals surface area contributed by atoms with Gasteiger partial charge in [-0.25, -0.2) is 8.42 Å².